The zero-order chi connectivity index (χ0) is 15.0. The smallest absolute Gasteiger partial charge is 0.255 e. The van der Waals surface area contributed by atoms with Crippen molar-refractivity contribution < 1.29 is 13.9 Å². The Balaban J connectivity index is 1.93. The van der Waals surface area contributed by atoms with Crippen LogP contribution in [0.3, 0.4) is 0 Å². The van der Waals surface area contributed by atoms with Crippen LogP contribution in [0.5, 0.6) is 5.75 Å². The van der Waals surface area contributed by atoms with Crippen molar-refractivity contribution in [2.45, 2.75) is 43.7 Å². The van der Waals surface area contributed by atoms with Gasteiger partial charge in [-0.25, -0.2) is 4.39 Å². The van der Waals surface area contributed by atoms with Gasteiger partial charge in [-0.05, 0) is 50.3 Å². The first-order chi connectivity index (χ1) is 10.1. The fourth-order valence-electron chi connectivity index (χ4n) is 2.89. The van der Waals surface area contributed by atoms with Gasteiger partial charge in [-0.3, -0.25) is 4.79 Å². The van der Waals surface area contributed by atoms with Gasteiger partial charge in [0.2, 0.25) is 0 Å². The zero-order valence-corrected chi connectivity index (χ0v) is 11.9. The molecule has 21 heavy (non-hydrogen) atoms. The number of rotatable bonds is 4. The largest absolute Gasteiger partial charge is 0.494 e. The van der Waals surface area contributed by atoms with Crippen LogP contribution in [0.25, 0.3) is 0 Å². The third-order valence-corrected chi connectivity index (χ3v) is 4.38. The molecule has 0 unspecified atom stereocenters. The van der Waals surface area contributed by atoms with Crippen molar-refractivity contribution in [2.24, 2.45) is 0 Å². The number of nitriles is 1. The molecule has 110 valence electrons. The van der Waals surface area contributed by atoms with E-state index in [-0.39, 0.29) is 17.7 Å². The number of halogens is 1. The van der Waals surface area contributed by atoms with Crippen molar-refractivity contribution >= 4 is 5.91 Å². The molecule has 3 rings (SSSR count). The van der Waals surface area contributed by atoms with Crippen molar-refractivity contribution in [3.8, 4) is 11.8 Å². The van der Waals surface area contributed by atoms with Crippen LogP contribution in [-0.4, -0.2) is 29.5 Å². The number of ether oxygens (including phenoxy) is 1. The van der Waals surface area contributed by atoms with Gasteiger partial charge in [-0.1, -0.05) is 0 Å². The molecule has 0 radical (unpaired) electrons. The Morgan fingerprint density at radius 2 is 2.19 bits per heavy atom. The highest BCUT2D eigenvalue weighted by atomic mass is 19.1. The second-order valence-corrected chi connectivity index (χ2v) is 5.75. The lowest BCUT2D eigenvalue weighted by atomic mass is 9.76. The van der Waals surface area contributed by atoms with Crippen LogP contribution < -0.4 is 4.74 Å². The third kappa shape index (κ3) is 2.25. The van der Waals surface area contributed by atoms with E-state index in [1.165, 1.54) is 25.3 Å². The molecule has 1 amide bonds. The maximum absolute atomic E-state index is 13.5. The van der Waals surface area contributed by atoms with E-state index in [1.54, 1.807) is 4.90 Å². The van der Waals surface area contributed by atoms with Crippen LogP contribution in [0.2, 0.25) is 0 Å². The average Bonchev–Trinajstić information content (AvgIpc) is 3.27. The summed E-state index contributed by atoms with van der Waals surface area (Å²) in [5.74, 6) is -0.640. The first kappa shape index (κ1) is 13.9. The van der Waals surface area contributed by atoms with E-state index in [4.69, 9.17) is 4.74 Å². The second-order valence-electron chi connectivity index (χ2n) is 5.75. The van der Waals surface area contributed by atoms with Crippen LogP contribution in [0, 0.1) is 17.1 Å². The van der Waals surface area contributed by atoms with Gasteiger partial charge in [-0.15, -0.1) is 0 Å². The topological polar surface area (TPSA) is 53.3 Å². The Hall–Kier alpha value is -2.09. The Kier molecular flexibility index (Phi) is 3.32. The molecule has 0 saturated heterocycles. The van der Waals surface area contributed by atoms with E-state index in [9.17, 15) is 14.4 Å². The normalized spacial score (nSPS) is 19.3. The molecule has 2 aliphatic rings. The predicted octanol–water partition coefficient (Wildman–Crippen LogP) is 2.89. The molecule has 0 heterocycles. The summed E-state index contributed by atoms with van der Waals surface area (Å²) in [6.45, 7) is 0. The second kappa shape index (κ2) is 5.03. The number of hydrogen-bond donors (Lipinski definition) is 0. The van der Waals surface area contributed by atoms with Gasteiger partial charge in [0, 0.05) is 11.6 Å². The molecule has 4 nitrogen and oxygen atoms in total. The minimum atomic E-state index is -0.667. The molecule has 0 spiro atoms. The van der Waals surface area contributed by atoms with Gasteiger partial charge in [0.1, 0.15) is 5.54 Å². The summed E-state index contributed by atoms with van der Waals surface area (Å²) in [4.78, 5) is 14.5. The van der Waals surface area contributed by atoms with Crippen LogP contribution in [-0.2, 0) is 0 Å². The molecule has 1 aromatic rings. The number of carbonyl (C=O) groups excluding carboxylic acids is 1. The van der Waals surface area contributed by atoms with Crippen LogP contribution in [0.4, 0.5) is 4.39 Å². The maximum Gasteiger partial charge on any atom is 0.255 e. The summed E-state index contributed by atoms with van der Waals surface area (Å²) in [6, 6.07) is 6.58. The SMILES string of the molecule is COc1cc(C(=O)N(C2CC2)C2(C#N)CCC2)ccc1F. The number of carbonyl (C=O) groups is 1. The fraction of sp³-hybridized carbons (Fsp3) is 0.500. The quantitative estimate of drug-likeness (QED) is 0.856. The highest BCUT2D eigenvalue weighted by Gasteiger charge is 2.51. The van der Waals surface area contributed by atoms with E-state index in [0.717, 1.165) is 32.1 Å². The van der Waals surface area contributed by atoms with Crippen LogP contribution >= 0.6 is 0 Å². The third-order valence-electron chi connectivity index (χ3n) is 4.38. The highest BCUT2D eigenvalue weighted by molar-refractivity contribution is 5.96. The zero-order valence-electron chi connectivity index (χ0n) is 11.9. The Morgan fingerprint density at radius 3 is 2.67 bits per heavy atom. The van der Waals surface area contributed by atoms with Crippen LogP contribution in [0.15, 0.2) is 18.2 Å². The van der Waals surface area contributed by atoms with Gasteiger partial charge in [0.25, 0.3) is 5.91 Å². The lowest BCUT2D eigenvalue weighted by molar-refractivity contribution is 0.0360. The number of nitrogens with zero attached hydrogens (tertiary/aromatic N) is 2. The monoisotopic (exact) mass is 288 g/mol. The minimum Gasteiger partial charge on any atom is -0.494 e. The van der Waals surface area contributed by atoms with Gasteiger partial charge in [-0.2, -0.15) is 5.26 Å². The molecular weight excluding hydrogens is 271 g/mol. The number of benzene rings is 1. The molecule has 2 fully saturated rings. The molecular formula is C16H17FN2O2. The summed E-state index contributed by atoms with van der Waals surface area (Å²) in [7, 11) is 1.37. The van der Waals surface area contributed by atoms with Gasteiger partial charge in [0.05, 0.1) is 13.2 Å². The van der Waals surface area contributed by atoms with Gasteiger partial charge < -0.3 is 9.64 Å². The first-order valence-electron chi connectivity index (χ1n) is 7.20. The minimum absolute atomic E-state index is 0.0521. The Labute approximate surface area is 123 Å². The molecule has 2 aliphatic carbocycles. The molecule has 5 heteroatoms. The van der Waals surface area contributed by atoms with Crippen molar-refractivity contribution in [3.05, 3.63) is 29.6 Å². The summed E-state index contributed by atoms with van der Waals surface area (Å²) in [6.07, 6.45) is 4.30. The van der Waals surface area contributed by atoms with Crippen LogP contribution in [0.1, 0.15) is 42.5 Å². The lowest BCUT2D eigenvalue weighted by Gasteiger charge is -2.45. The highest BCUT2D eigenvalue weighted by Crippen LogP contribution is 2.44. The summed E-state index contributed by atoms with van der Waals surface area (Å²) in [5, 5.41) is 9.50. The molecule has 0 N–H and O–H groups in total. The molecule has 0 atom stereocenters. The van der Waals surface area contributed by atoms with E-state index >= 15 is 0 Å². The Bertz CT molecular complexity index is 615. The molecule has 2 saturated carbocycles. The van der Waals surface area contributed by atoms with Gasteiger partial charge in [0.15, 0.2) is 11.6 Å². The van der Waals surface area contributed by atoms with Crippen molar-refractivity contribution in [1.82, 2.24) is 4.90 Å². The van der Waals surface area contributed by atoms with E-state index in [1.807, 2.05) is 0 Å². The molecule has 0 bridgehead atoms. The molecule has 0 aromatic heterocycles. The predicted molar refractivity (Wildman–Crippen MR) is 74.3 cm³/mol. The maximum atomic E-state index is 13.5. The van der Waals surface area contributed by atoms with E-state index in [0.29, 0.717) is 5.56 Å². The van der Waals surface area contributed by atoms with Gasteiger partial charge >= 0.3 is 0 Å². The van der Waals surface area contributed by atoms with Crippen molar-refractivity contribution in [1.29, 1.82) is 5.26 Å². The molecule has 1 aromatic carbocycles. The van der Waals surface area contributed by atoms with Crippen molar-refractivity contribution in [3.63, 3.8) is 0 Å². The summed E-state index contributed by atoms with van der Waals surface area (Å²) < 4.78 is 18.4. The first-order valence-corrected chi connectivity index (χ1v) is 7.20. The van der Waals surface area contributed by atoms with E-state index in [2.05, 4.69) is 6.07 Å². The fourth-order valence-corrected chi connectivity index (χ4v) is 2.89. The summed E-state index contributed by atoms with van der Waals surface area (Å²) >= 11 is 0. The average molecular weight is 288 g/mol. The lowest BCUT2D eigenvalue weighted by Crippen LogP contribution is -2.56. The molecule has 0 aliphatic heterocycles. The standard InChI is InChI=1S/C16H17FN2O2/c1-21-14-9-11(3-6-13(14)17)15(20)19(12-4-5-12)16(10-18)7-2-8-16/h3,6,9,12H,2,4-5,7-8H2,1H3. The van der Waals surface area contributed by atoms with Crippen molar-refractivity contribution in [2.75, 3.05) is 7.11 Å². The Morgan fingerprint density at radius 1 is 1.48 bits per heavy atom. The number of hydrogen-bond acceptors (Lipinski definition) is 3. The number of amides is 1. The summed E-state index contributed by atoms with van der Waals surface area (Å²) in [5.41, 5.74) is -0.290. The van der Waals surface area contributed by atoms with E-state index < -0.39 is 11.4 Å². The number of methoxy groups -OCH3 is 1.